The lowest BCUT2D eigenvalue weighted by Crippen LogP contribution is -2.34. The summed E-state index contributed by atoms with van der Waals surface area (Å²) < 4.78 is 5.75. The molecular formula is C12H14N2O3S. The fourth-order valence-electron chi connectivity index (χ4n) is 1.56. The van der Waals surface area contributed by atoms with Crippen LogP contribution >= 0.6 is 11.3 Å². The van der Waals surface area contributed by atoms with Crippen molar-refractivity contribution in [2.45, 2.75) is 6.10 Å². The number of fused-ring (bicyclic) bond motifs is 1. The molecule has 0 aliphatic carbocycles. The molecule has 6 heteroatoms. The van der Waals surface area contributed by atoms with E-state index in [1.54, 1.807) is 17.6 Å². The summed E-state index contributed by atoms with van der Waals surface area (Å²) in [5, 5.41) is 12.1. The van der Waals surface area contributed by atoms with Crippen LogP contribution in [-0.4, -0.2) is 42.4 Å². The monoisotopic (exact) mass is 266 g/mol. The third-order valence-corrected chi connectivity index (χ3v) is 3.24. The maximum atomic E-state index is 11.8. The SMILES string of the molecule is COCC(O)CNC(=O)c1ccc2ncsc2c1. The summed E-state index contributed by atoms with van der Waals surface area (Å²) in [4.78, 5) is 16.0. The van der Waals surface area contributed by atoms with Gasteiger partial charge in [0.2, 0.25) is 0 Å². The van der Waals surface area contributed by atoms with Gasteiger partial charge in [-0.05, 0) is 18.2 Å². The highest BCUT2D eigenvalue weighted by Crippen LogP contribution is 2.18. The molecule has 18 heavy (non-hydrogen) atoms. The number of ether oxygens (including phenoxy) is 1. The molecule has 0 aliphatic heterocycles. The number of aromatic nitrogens is 1. The van der Waals surface area contributed by atoms with Crippen LogP contribution in [0.15, 0.2) is 23.7 Å². The number of hydrogen-bond acceptors (Lipinski definition) is 5. The number of hydrogen-bond donors (Lipinski definition) is 2. The van der Waals surface area contributed by atoms with Crippen molar-refractivity contribution in [2.24, 2.45) is 0 Å². The van der Waals surface area contributed by atoms with Crippen molar-refractivity contribution in [3.63, 3.8) is 0 Å². The zero-order chi connectivity index (χ0) is 13.0. The maximum absolute atomic E-state index is 11.8. The van der Waals surface area contributed by atoms with Gasteiger partial charge >= 0.3 is 0 Å². The van der Waals surface area contributed by atoms with Crippen molar-refractivity contribution in [2.75, 3.05) is 20.3 Å². The minimum atomic E-state index is -0.689. The number of thiazole rings is 1. The van der Waals surface area contributed by atoms with Gasteiger partial charge in [-0.25, -0.2) is 4.98 Å². The van der Waals surface area contributed by atoms with Gasteiger partial charge in [0.05, 0.1) is 28.4 Å². The average molecular weight is 266 g/mol. The summed E-state index contributed by atoms with van der Waals surface area (Å²) in [5.74, 6) is -0.208. The fraction of sp³-hybridized carbons (Fsp3) is 0.333. The average Bonchev–Trinajstić information content (AvgIpc) is 2.83. The lowest BCUT2D eigenvalue weighted by Gasteiger charge is -2.10. The molecule has 0 saturated heterocycles. The summed E-state index contributed by atoms with van der Waals surface area (Å²) in [7, 11) is 1.50. The number of rotatable bonds is 5. The minimum absolute atomic E-state index is 0.174. The predicted octanol–water partition coefficient (Wildman–Crippen LogP) is 1.03. The number of carbonyl (C=O) groups excluding carboxylic acids is 1. The summed E-state index contributed by atoms with van der Waals surface area (Å²) in [6, 6.07) is 5.33. The first kappa shape index (κ1) is 12.9. The number of aliphatic hydroxyl groups excluding tert-OH is 1. The molecule has 1 heterocycles. The Morgan fingerprint density at radius 2 is 2.44 bits per heavy atom. The molecule has 1 amide bonds. The van der Waals surface area contributed by atoms with Gasteiger partial charge in [0.25, 0.3) is 5.91 Å². The normalized spacial score (nSPS) is 12.6. The van der Waals surface area contributed by atoms with Gasteiger partial charge in [0.1, 0.15) is 0 Å². The van der Waals surface area contributed by atoms with Gasteiger partial charge in [0, 0.05) is 19.2 Å². The van der Waals surface area contributed by atoms with E-state index in [1.807, 2.05) is 6.07 Å². The summed E-state index contributed by atoms with van der Waals surface area (Å²) >= 11 is 1.49. The molecule has 0 radical (unpaired) electrons. The Bertz CT molecular complexity index is 541. The standard InChI is InChI=1S/C12H14N2O3S/c1-17-6-9(15)5-13-12(16)8-2-3-10-11(4-8)18-7-14-10/h2-4,7,9,15H,5-6H2,1H3,(H,13,16). The number of nitrogens with one attached hydrogen (secondary N) is 1. The van der Waals surface area contributed by atoms with E-state index >= 15 is 0 Å². The predicted molar refractivity (Wildman–Crippen MR) is 69.8 cm³/mol. The maximum Gasteiger partial charge on any atom is 0.251 e. The molecule has 96 valence electrons. The van der Waals surface area contributed by atoms with E-state index in [0.29, 0.717) is 5.56 Å². The first-order chi connectivity index (χ1) is 8.70. The van der Waals surface area contributed by atoms with Crippen molar-refractivity contribution >= 4 is 27.5 Å². The molecular weight excluding hydrogens is 252 g/mol. The summed E-state index contributed by atoms with van der Waals surface area (Å²) in [6.07, 6.45) is -0.689. The van der Waals surface area contributed by atoms with Gasteiger partial charge in [-0.1, -0.05) is 0 Å². The molecule has 1 unspecified atom stereocenters. The zero-order valence-electron chi connectivity index (χ0n) is 9.92. The van der Waals surface area contributed by atoms with E-state index < -0.39 is 6.10 Å². The Morgan fingerprint density at radius 3 is 3.22 bits per heavy atom. The third-order valence-electron chi connectivity index (χ3n) is 2.45. The van der Waals surface area contributed by atoms with Crippen molar-refractivity contribution < 1.29 is 14.6 Å². The van der Waals surface area contributed by atoms with Crippen molar-refractivity contribution in [1.29, 1.82) is 0 Å². The molecule has 0 bridgehead atoms. The second-order valence-electron chi connectivity index (χ2n) is 3.85. The highest BCUT2D eigenvalue weighted by Gasteiger charge is 2.09. The molecule has 0 aliphatic rings. The molecule has 1 atom stereocenters. The van der Waals surface area contributed by atoms with E-state index in [1.165, 1.54) is 18.4 Å². The lowest BCUT2D eigenvalue weighted by molar-refractivity contribution is 0.0610. The van der Waals surface area contributed by atoms with Crippen LogP contribution in [0, 0.1) is 0 Å². The molecule has 0 saturated carbocycles. The van der Waals surface area contributed by atoms with Gasteiger partial charge in [-0.2, -0.15) is 0 Å². The molecule has 2 aromatic rings. The van der Waals surface area contributed by atoms with Crippen LogP contribution in [-0.2, 0) is 4.74 Å². The van der Waals surface area contributed by atoms with Crippen LogP contribution in [0.3, 0.4) is 0 Å². The molecule has 1 aromatic carbocycles. The Morgan fingerprint density at radius 1 is 1.61 bits per heavy atom. The van der Waals surface area contributed by atoms with Gasteiger partial charge < -0.3 is 15.2 Å². The Labute approximate surface area is 108 Å². The molecule has 5 nitrogen and oxygen atoms in total. The molecule has 2 rings (SSSR count). The van der Waals surface area contributed by atoms with Gasteiger partial charge in [0.15, 0.2) is 0 Å². The zero-order valence-corrected chi connectivity index (χ0v) is 10.7. The van der Waals surface area contributed by atoms with Crippen LogP contribution in [0.2, 0.25) is 0 Å². The van der Waals surface area contributed by atoms with E-state index in [0.717, 1.165) is 10.2 Å². The second kappa shape index (κ2) is 5.90. The highest BCUT2D eigenvalue weighted by atomic mass is 32.1. The van der Waals surface area contributed by atoms with Crippen molar-refractivity contribution in [3.8, 4) is 0 Å². The Hall–Kier alpha value is -1.50. The largest absolute Gasteiger partial charge is 0.389 e. The quantitative estimate of drug-likeness (QED) is 0.848. The Kier molecular flexibility index (Phi) is 4.24. The fourth-order valence-corrected chi connectivity index (χ4v) is 2.28. The molecule has 0 fully saturated rings. The van der Waals surface area contributed by atoms with Crippen molar-refractivity contribution in [1.82, 2.24) is 10.3 Å². The van der Waals surface area contributed by atoms with Crippen LogP contribution in [0.4, 0.5) is 0 Å². The number of carbonyl (C=O) groups is 1. The smallest absolute Gasteiger partial charge is 0.251 e. The van der Waals surface area contributed by atoms with Crippen LogP contribution in [0.25, 0.3) is 10.2 Å². The lowest BCUT2D eigenvalue weighted by atomic mass is 10.2. The molecule has 1 aromatic heterocycles. The number of methoxy groups -OCH3 is 1. The van der Waals surface area contributed by atoms with Gasteiger partial charge in [-0.3, -0.25) is 4.79 Å². The number of nitrogens with zero attached hydrogens (tertiary/aromatic N) is 1. The Balaban J connectivity index is 1.99. The van der Waals surface area contributed by atoms with Gasteiger partial charge in [-0.15, -0.1) is 11.3 Å². The summed E-state index contributed by atoms with van der Waals surface area (Å²) in [6.45, 7) is 0.377. The minimum Gasteiger partial charge on any atom is -0.389 e. The van der Waals surface area contributed by atoms with Crippen LogP contribution in [0.1, 0.15) is 10.4 Å². The summed E-state index contributed by atoms with van der Waals surface area (Å²) in [5.41, 5.74) is 3.20. The van der Waals surface area contributed by atoms with Crippen LogP contribution < -0.4 is 5.32 Å². The number of aliphatic hydroxyl groups is 1. The highest BCUT2D eigenvalue weighted by molar-refractivity contribution is 7.16. The van der Waals surface area contributed by atoms with Crippen molar-refractivity contribution in [3.05, 3.63) is 29.3 Å². The topological polar surface area (TPSA) is 71.5 Å². The van der Waals surface area contributed by atoms with E-state index in [4.69, 9.17) is 4.74 Å². The first-order valence-corrected chi connectivity index (χ1v) is 6.37. The van der Waals surface area contributed by atoms with E-state index in [2.05, 4.69) is 10.3 Å². The number of amides is 1. The molecule has 0 spiro atoms. The van der Waals surface area contributed by atoms with Crippen LogP contribution in [0.5, 0.6) is 0 Å². The van der Waals surface area contributed by atoms with E-state index in [-0.39, 0.29) is 19.1 Å². The molecule has 2 N–H and O–H groups in total. The van der Waals surface area contributed by atoms with E-state index in [9.17, 15) is 9.90 Å². The number of benzene rings is 1. The second-order valence-corrected chi connectivity index (χ2v) is 4.74. The first-order valence-electron chi connectivity index (χ1n) is 5.49. The third kappa shape index (κ3) is 3.04.